The molecule has 0 radical (unpaired) electrons. The van der Waals surface area contributed by atoms with Gasteiger partial charge in [-0.3, -0.25) is 5.10 Å². The molecule has 1 aromatic carbocycles. The van der Waals surface area contributed by atoms with Gasteiger partial charge in [-0.25, -0.2) is 0 Å². The lowest BCUT2D eigenvalue weighted by Crippen LogP contribution is -2.00. The molecule has 0 atom stereocenters. The Labute approximate surface area is 102 Å². The molecule has 2 rings (SSSR count). The number of aromatic amines is 1. The smallest absolute Gasteiger partial charge is 0.0838 e. The van der Waals surface area contributed by atoms with Crippen LogP contribution >= 0.6 is 0 Å². The van der Waals surface area contributed by atoms with Gasteiger partial charge < -0.3 is 5.73 Å². The van der Waals surface area contributed by atoms with Crippen LogP contribution < -0.4 is 5.73 Å². The van der Waals surface area contributed by atoms with Gasteiger partial charge in [0.25, 0.3) is 0 Å². The first kappa shape index (κ1) is 11.9. The molecular formula is C14H19N3. The maximum Gasteiger partial charge on any atom is 0.0838 e. The first-order valence-corrected chi connectivity index (χ1v) is 5.87. The van der Waals surface area contributed by atoms with Crippen LogP contribution in [0.1, 0.15) is 28.1 Å². The van der Waals surface area contributed by atoms with Crippen LogP contribution in [0.15, 0.2) is 12.1 Å². The largest absolute Gasteiger partial charge is 0.325 e. The van der Waals surface area contributed by atoms with E-state index in [-0.39, 0.29) is 0 Å². The van der Waals surface area contributed by atoms with Crippen molar-refractivity contribution < 1.29 is 0 Å². The van der Waals surface area contributed by atoms with Gasteiger partial charge >= 0.3 is 0 Å². The number of benzene rings is 1. The third-order valence-corrected chi connectivity index (χ3v) is 3.54. The van der Waals surface area contributed by atoms with Gasteiger partial charge in [0, 0.05) is 17.8 Å². The Morgan fingerprint density at radius 3 is 2.47 bits per heavy atom. The van der Waals surface area contributed by atoms with Crippen molar-refractivity contribution >= 4 is 0 Å². The number of hydrogen-bond acceptors (Lipinski definition) is 2. The molecule has 0 saturated heterocycles. The Morgan fingerprint density at radius 1 is 1.12 bits per heavy atom. The predicted molar refractivity (Wildman–Crippen MR) is 70.9 cm³/mol. The highest BCUT2D eigenvalue weighted by Crippen LogP contribution is 2.31. The fraction of sp³-hybridized carbons (Fsp3) is 0.357. The van der Waals surface area contributed by atoms with Crippen molar-refractivity contribution in [3.05, 3.63) is 40.2 Å². The maximum absolute atomic E-state index is 5.74. The molecule has 3 N–H and O–H groups in total. The number of nitrogens with one attached hydrogen (secondary N) is 1. The zero-order chi connectivity index (χ0) is 12.6. The van der Waals surface area contributed by atoms with Crippen molar-refractivity contribution in [1.82, 2.24) is 10.2 Å². The number of aromatic nitrogens is 2. The average molecular weight is 229 g/mol. The number of rotatable bonds is 2. The lowest BCUT2D eigenvalue weighted by molar-refractivity contribution is 0.939. The summed E-state index contributed by atoms with van der Waals surface area (Å²) in [6, 6.07) is 4.32. The second kappa shape index (κ2) is 4.34. The van der Waals surface area contributed by atoms with Gasteiger partial charge in [0.15, 0.2) is 0 Å². The Morgan fingerprint density at radius 2 is 1.82 bits per heavy atom. The van der Waals surface area contributed by atoms with E-state index in [9.17, 15) is 0 Å². The second-order valence-electron chi connectivity index (χ2n) is 4.55. The highest BCUT2D eigenvalue weighted by Gasteiger charge is 2.14. The van der Waals surface area contributed by atoms with Crippen LogP contribution in [-0.4, -0.2) is 10.2 Å². The van der Waals surface area contributed by atoms with E-state index in [1.807, 2.05) is 6.92 Å². The van der Waals surface area contributed by atoms with E-state index in [0.29, 0.717) is 6.54 Å². The van der Waals surface area contributed by atoms with Crippen molar-refractivity contribution in [2.75, 3.05) is 0 Å². The Kier molecular flexibility index (Phi) is 3.03. The summed E-state index contributed by atoms with van der Waals surface area (Å²) in [4.78, 5) is 0. The number of aryl methyl sites for hydroxylation is 2. The molecule has 0 aliphatic heterocycles. The van der Waals surface area contributed by atoms with Crippen LogP contribution in [0.5, 0.6) is 0 Å². The fourth-order valence-electron chi connectivity index (χ4n) is 2.21. The van der Waals surface area contributed by atoms with Gasteiger partial charge in [0.2, 0.25) is 0 Å². The van der Waals surface area contributed by atoms with Gasteiger partial charge in [-0.1, -0.05) is 12.1 Å². The molecular weight excluding hydrogens is 210 g/mol. The van der Waals surface area contributed by atoms with Crippen LogP contribution in [0, 0.1) is 27.7 Å². The van der Waals surface area contributed by atoms with Gasteiger partial charge in [-0.2, -0.15) is 5.10 Å². The molecule has 0 amide bonds. The van der Waals surface area contributed by atoms with Gasteiger partial charge in [-0.05, 0) is 49.9 Å². The minimum absolute atomic E-state index is 0.464. The molecule has 0 bridgehead atoms. The van der Waals surface area contributed by atoms with Crippen LogP contribution in [-0.2, 0) is 6.54 Å². The Balaban J connectivity index is 2.68. The summed E-state index contributed by atoms with van der Waals surface area (Å²) in [5, 5.41) is 7.27. The van der Waals surface area contributed by atoms with Gasteiger partial charge in [0.1, 0.15) is 0 Å². The van der Waals surface area contributed by atoms with E-state index in [1.165, 1.54) is 22.3 Å². The van der Waals surface area contributed by atoms with E-state index >= 15 is 0 Å². The third-order valence-electron chi connectivity index (χ3n) is 3.54. The molecule has 3 heteroatoms. The zero-order valence-corrected chi connectivity index (χ0v) is 10.9. The van der Waals surface area contributed by atoms with E-state index in [0.717, 1.165) is 17.0 Å². The van der Waals surface area contributed by atoms with Crippen molar-refractivity contribution in [3.63, 3.8) is 0 Å². The van der Waals surface area contributed by atoms with Crippen molar-refractivity contribution in [1.29, 1.82) is 0 Å². The number of hydrogen-bond donors (Lipinski definition) is 2. The summed E-state index contributed by atoms with van der Waals surface area (Å²) >= 11 is 0. The number of H-pyrrole nitrogens is 1. The Bertz CT molecular complexity index is 553. The molecule has 0 aliphatic rings. The summed E-state index contributed by atoms with van der Waals surface area (Å²) in [6.07, 6.45) is 0. The van der Waals surface area contributed by atoms with Crippen molar-refractivity contribution in [2.45, 2.75) is 34.2 Å². The predicted octanol–water partition coefficient (Wildman–Crippen LogP) is 2.77. The highest BCUT2D eigenvalue weighted by atomic mass is 15.1. The number of nitrogens with two attached hydrogens (primary N) is 1. The maximum atomic E-state index is 5.74. The Hall–Kier alpha value is -1.61. The van der Waals surface area contributed by atoms with E-state index in [1.54, 1.807) is 0 Å². The molecule has 1 heterocycles. The van der Waals surface area contributed by atoms with Crippen LogP contribution in [0.3, 0.4) is 0 Å². The molecule has 0 spiro atoms. The van der Waals surface area contributed by atoms with E-state index < -0.39 is 0 Å². The van der Waals surface area contributed by atoms with E-state index in [4.69, 9.17) is 5.73 Å². The highest BCUT2D eigenvalue weighted by molar-refractivity contribution is 5.73. The summed E-state index contributed by atoms with van der Waals surface area (Å²) in [5.74, 6) is 0. The van der Waals surface area contributed by atoms with Crippen molar-refractivity contribution in [3.8, 4) is 11.1 Å². The third kappa shape index (κ3) is 1.87. The first-order chi connectivity index (χ1) is 8.06. The van der Waals surface area contributed by atoms with Crippen LogP contribution in [0.2, 0.25) is 0 Å². The average Bonchev–Trinajstić information content (AvgIpc) is 2.68. The number of nitrogens with zero attached hydrogens (tertiary/aromatic N) is 1. The molecule has 17 heavy (non-hydrogen) atoms. The van der Waals surface area contributed by atoms with E-state index in [2.05, 4.69) is 43.1 Å². The standard InChI is InChI=1S/C14H19N3/c1-8-5-6-12(10(3)9(8)2)14-11(4)16-17-13(14)7-15/h5-6H,7,15H2,1-4H3,(H,16,17). The van der Waals surface area contributed by atoms with Crippen LogP contribution in [0.25, 0.3) is 11.1 Å². The van der Waals surface area contributed by atoms with Gasteiger partial charge in [0.05, 0.1) is 5.69 Å². The molecule has 3 nitrogen and oxygen atoms in total. The monoisotopic (exact) mass is 229 g/mol. The lowest BCUT2D eigenvalue weighted by Gasteiger charge is -2.12. The molecule has 2 aromatic rings. The summed E-state index contributed by atoms with van der Waals surface area (Å²) < 4.78 is 0. The topological polar surface area (TPSA) is 54.7 Å². The normalized spacial score (nSPS) is 10.9. The fourth-order valence-corrected chi connectivity index (χ4v) is 2.21. The minimum Gasteiger partial charge on any atom is -0.325 e. The summed E-state index contributed by atoms with van der Waals surface area (Å²) in [5.41, 5.74) is 14.1. The summed E-state index contributed by atoms with van der Waals surface area (Å²) in [6.45, 7) is 8.95. The minimum atomic E-state index is 0.464. The molecule has 0 unspecified atom stereocenters. The lowest BCUT2D eigenvalue weighted by atomic mass is 9.93. The second-order valence-corrected chi connectivity index (χ2v) is 4.55. The molecule has 0 aliphatic carbocycles. The summed E-state index contributed by atoms with van der Waals surface area (Å²) in [7, 11) is 0. The molecule has 1 aromatic heterocycles. The van der Waals surface area contributed by atoms with Gasteiger partial charge in [-0.15, -0.1) is 0 Å². The van der Waals surface area contributed by atoms with Crippen molar-refractivity contribution in [2.24, 2.45) is 5.73 Å². The molecule has 0 fully saturated rings. The first-order valence-electron chi connectivity index (χ1n) is 5.87. The molecule has 90 valence electrons. The SMILES string of the molecule is Cc1ccc(-c2c(CN)n[nH]c2C)c(C)c1C. The molecule has 0 saturated carbocycles. The quantitative estimate of drug-likeness (QED) is 0.832. The van der Waals surface area contributed by atoms with Crippen LogP contribution in [0.4, 0.5) is 0 Å². The zero-order valence-electron chi connectivity index (χ0n) is 10.9.